The smallest absolute Gasteiger partial charge is 0.239 e. The van der Waals surface area contributed by atoms with Crippen molar-refractivity contribution in [2.24, 2.45) is 0 Å². The summed E-state index contributed by atoms with van der Waals surface area (Å²) in [6.07, 6.45) is 3.23. The first-order valence-electron chi connectivity index (χ1n) is 8.06. The lowest BCUT2D eigenvalue weighted by Crippen LogP contribution is -2.55. The molecule has 0 unspecified atom stereocenters. The van der Waals surface area contributed by atoms with E-state index < -0.39 is 0 Å². The average molecular weight is 397 g/mol. The number of nitrogens with one attached hydrogen (secondary N) is 2. The van der Waals surface area contributed by atoms with Crippen LogP contribution in [0, 0.1) is 0 Å². The van der Waals surface area contributed by atoms with Crippen LogP contribution in [0.5, 0.6) is 0 Å². The zero-order valence-corrected chi connectivity index (χ0v) is 16.3. The molecule has 2 saturated heterocycles. The molecular formula is C15H26Cl2N4O2S. The highest BCUT2D eigenvalue weighted by molar-refractivity contribution is 7.13. The van der Waals surface area contributed by atoms with Gasteiger partial charge in [0.25, 0.3) is 0 Å². The zero-order chi connectivity index (χ0) is 15.4. The van der Waals surface area contributed by atoms with E-state index in [-0.39, 0.29) is 42.9 Å². The molecule has 2 N–H and O–H groups in total. The van der Waals surface area contributed by atoms with Gasteiger partial charge in [0.1, 0.15) is 6.04 Å². The molecule has 9 heteroatoms. The summed E-state index contributed by atoms with van der Waals surface area (Å²) in [5.74, 6) is 0.0159. The van der Waals surface area contributed by atoms with Crippen molar-refractivity contribution in [3.63, 3.8) is 0 Å². The summed E-state index contributed by atoms with van der Waals surface area (Å²) < 4.78 is 5.50. The number of morpholine rings is 1. The SMILES string of the molecule is C[C@H]1OCCN[C@@H]1C(=O)NCCc1csc(N2CCCC2)n1.Cl.Cl. The van der Waals surface area contributed by atoms with E-state index in [1.54, 1.807) is 11.3 Å². The first-order chi connectivity index (χ1) is 10.7. The Bertz CT molecular complexity index is 511. The van der Waals surface area contributed by atoms with Gasteiger partial charge >= 0.3 is 0 Å². The van der Waals surface area contributed by atoms with E-state index in [4.69, 9.17) is 4.74 Å². The normalized spacial score (nSPS) is 23.3. The molecule has 0 bridgehead atoms. The third-order valence-electron chi connectivity index (χ3n) is 4.20. The number of halogens is 2. The minimum absolute atomic E-state index is 0. The Labute approximate surface area is 159 Å². The summed E-state index contributed by atoms with van der Waals surface area (Å²) in [7, 11) is 0. The number of amides is 1. The van der Waals surface area contributed by atoms with Crippen LogP contribution in [0.1, 0.15) is 25.5 Å². The quantitative estimate of drug-likeness (QED) is 0.791. The summed E-state index contributed by atoms with van der Waals surface area (Å²) in [6, 6.07) is -0.246. The molecule has 3 rings (SSSR count). The molecule has 0 spiro atoms. The van der Waals surface area contributed by atoms with Crippen molar-refractivity contribution in [2.75, 3.05) is 37.7 Å². The van der Waals surface area contributed by atoms with E-state index >= 15 is 0 Å². The van der Waals surface area contributed by atoms with Crippen molar-refractivity contribution in [3.8, 4) is 0 Å². The summed E-state index contributed by atoms with van der Waals surface area (Å²) in [6.45, 7) is 6.19. The second kappa shape index (κ2) is 10.4. The van der Waals surface area contributed by atoms with Crippen molar-refractivity contribution in [2.45, 2.75) is 38.3 Å². The maximum absolute atomic E-state index is 12.1. The molecule has 0 aromatic carbocycles. The number of carbonyl (C=O) groups excluding carboxylic acids is 1. The topological polar surface area (TPSA) is 66.5 Å². The molecule has 2 fully saturated rings. The molecule has 0 saturated carbocycles. The number of rotatable bonds is 5. The van der Waals surface area contributed by atoms with Crippen LogP contribution in [0.3, 0.4) is 0 Å². The zero-order valence-electron chi connectivity index (χ0n) is 13.8. The highest BCUT2D eigenvalue weighted by atomic mass is 35.5. The largest absolute Gasteiger partial charge is 0.375 e. The molecule has 0 radical (unpaired) electrons. The lowest BCUT2D eigenvalue weighted by molar-refractivity contribution is -0.128. The Morgan fingerprint density at radius 2 is 2.21 bits per heavy atom. The fourth-order valence-corrected chi connectivity index (χ4v) is 3.83. The first kappa shape index (κ1) is 21.4. The summed E-state index contributed by atoms with van der Waals surface area (Å²) >= 11 is 1.70. The number of ether oxygens (including phenoxy) is 1. The molecule has 3 heterocycles. The minimum Gasteiger partial charge on any atom is -0.375 e. The Morgan fingerprint density at radius 1 is 1.46 bits per heavy atom. The number of hydrogen-bond donors (Lipinski definition) is 2. The Hall–Kier alpha value is -0.600. The molecule has 2 aliphatic heterocycles. The van der Waals surface area contributed by atoms with Crippen LogP contribution in [0.25, 0.3) is 0 Å². The number of thiazole rings is 1. The van der Waals surface area contributed by atoms with Gasteiger partial charge in [0, 0.05) is 38.0 Å². The standard InChI is InChI=1S/C15H24N4O2S.2ClH/c1-11-13(16-6-9-21-11)14(20)17-5-4-12-10-22-15(18-12)19-7-2-3-8-19;;/h10-11,13,16H,2-9H2,1H3,(H,17,20);2*1H/t11-,13+;;/m1../s1. The van der Waals surface area contributed by atoms with E-state index in [1.165, 1.54) is 12.8 Å². The highest BCUT2D eigenvalue weighted by Crippen LogP contribution is 2.24. The van der Waals surface area contributed by atoms with Crippen molar-refractivity contribution < 1.29 is 9.53 Å². The number of nitrogens with zero attached hydrogens (tertiary/aromatic N) is 2. The minimum atomic E-state index is -0.246. The molecule has 1 aromatic rings. The van der Waals surface area contributed by atoms with Crippen molar-refractivity contribution in [1.82, 2.24) is 15.6 Å². The predicted octanol–water partition coefficient (Wildman–Crippen LogP) is 1.62. The monoisotopic (exact) mass is 396 g/mol. The van der Waals surface area contributed by atoms with Crippen molar-refractivity contribution in [1.29, 1.82) is 0 Å². The van der Waals surface area contributed by atoms with Crippen LogP contribution < -0.4 is 15.5 Å². The Kier molecular flexibility index (Phi) is 9.30. The molecule has 6 nitrogen and oxygen atoms in total. The summed E-state index contributed by atoms with van der Waals surface area (Å²) in [4.78, 5) is 19.1. The van der Waals surface area contributed by atoms with Crippen LogP contribution >= 0.6 is 36.2 Å². The van der Waals surface area contributed by atoms with Crippen molar-refractivity contribution in [3.05, 3.63) is 11.1 Å². The molecule has 24 heavy (non-hydrogen) atoms. The second-order valence-corrected chi connectivity index (χ2v) is 6.70. The van der Waals surface area contributed by atoms with E-state index in [9.17, 15) is 4.79 Å². The number of hydrogen-bond acceptors (Lipinski definition) is 6. The predicted molar refractivity (Wildman–Crippen MR) is 102 cm³/mol. The fourth-order valence-electron chi connectivity index (χ4n) is 2.92. The maximum atomic E-state index is 12.1. The number of aromatic nitrogens is 1. The van der Waals surface area contributed by atoms with Gasteiger partial charge in [-0.25, -0.2) is 4.98 Å². The van der Waals surface area contributed by atoms with Gasteiger partial charge in [-0.15, -0.1) is 36.2 Å². The van der Waals surface area contributed by atoms with Gasteiger partial charge in [0.15, 0.2) is 5.13 Å². The van der Waals surface area contributed by atoms with Crippen LogP contribution in [-0.4, -0.2) is 55.8 Å². The first-order valence-corrected chi connectivity index (χ1v) is 8.94. The van der Waals surface area contributed by atoms with Crippen LogP contribution in [-0.2, 0) is 16.0 Å². The van der Waals surface area contributed by atoms with Crippen LogP contribution in [0.4, 0.5) is 5.13 Å². The van der Waals surface area contributed by atoms with Gasteiger partial charge in [-0.3, -0.25) is 4.79 Å². The van der Waals surface area contributed by atoms with Gasteiger partial charge in [-0.05, 0) is 19.8 Å². The molecule has 1 amide bonds. The van der Waals surface area contributed by atoms with Gasteiger partial charge in [-0.2, -0.15) is 0 Å². The highest BCUT2D eigenvalue weighted by Gasteiger charge is 2.27. The molecule has 0 aliphatic carbocycles. The van der Waals surface area contributed by atoms with E-state index in [1.807, 2.05) is 6.92 Å². The van der Waals surface area contributed by atoms with Crippen molar-refractivity contribution >= 4 is 47.2 Å². The second-order valence-electron chi connectivity index (χ2n) is 5.86. The Balaban J connectivity index is 0.00000144. The molecular weight excluding hydrogens is 371 g/mol. The van der Waals surface area contributed by atoms with Gasteiger partial charge in [0.05, 0.1) is 18.4 Å². The number of anilines is 1. The Morgan fingerprint density at radius 3 is 2.92 bits per heavy atom. The van der Waals surface area contributed by atoms with Gasteiger partial charge in [0.2, 0.25) is 5.91 Å². The molecule has 2 atom stereocenters. The number of carbonyl (C=O) groups is 1. The van der Waals surface area contributed by atoms with Crippen LogP contribution in [0.2, 0.25) is 0 Å². The summed E-state index contributed by atoms with van der Waals surface area (Å²) in [5.41, 5.74) is 1.06. The average Bonchev–Trinajstić information content (AvgIpc) is 3.18. The van der Waals surface area contributed by atoms with E-state index in [2.05, 4.69) is 25.9 Å². The van der Waals surface area contributed by atoms with Gasteiger partial charge < -0.3 is 20.3 Å². The lowest BCUT2D eigenvalue weighted by Gasteiger charge is -2.29. The van der Waals surface area contributed by atoms with Gasteiger partial charge in [-0.1, -0.05) is 0 Å². The molecule has 1 aromatic heterocycles. The maximum Gasteiger partial charge on any atom is 0.239 e. The fraction of sp³-hybridized carbons (Fsp3) is 0.733. The third-order valence-corrected chi connectivity index (χ3v) is 5.15. The summed E-state index contributed by atoms with van der Waals surface area (Å²) in [5, 5.41) is 9.40. The van der Waals surface area contributed by atoms with E-state index in [0.717, 1.165) is 36.9 Å². The van der Waals surface area contributed by atoms with E-state index in [0.29, 0.717) is 13.2 Å². The van der Waals surface area contributed by atoms with Crippen LogP contribution in [0.15, 0.2) is 5.38 Å². The third kappa shape index (κ3) is 5.46. The molecule has 2 aliphatic rings. The lowest BCUT2D eigenvalue weighted by atomic mass is 10.1. The molecule has 138 valence electrons.